The number of urea groups is 1. The number of piperidine rings is 1. The van der Waals surface area contributed by atoms with Crippen LogP contribution in [0.5, 0.6) is 0 Å². The molecule has 0 unspecified atom stereocenters. The number of benzene rings is 1. The number of amides is 2. The molecule has 3 aliphatic heterocycles. The molecule has 0 aromatic heterocycles. The van der Waals surface area contributed by atoms with Gasteiger partial charge in [-0.2, -0.15) is 0 Å². The van der Waals surface area contributed by atoms with Gasteiger partial charge in [-0.1, -0.05) is 18.2 Å². The van der Waals surface area contributed by atoms with E-state index in [0.717, 1.165) is 71.6 Å². The molecule has 0 bridgehead atoms. The van der Waals surface area contributed by atoms with Gasteiger partial charge in [0.05, 0.1) is 5.60 Å². The fourth-order valence-electron chi connectivity index (χ4n) is 5.03. The molecule has 3 aliphatic rings. The third kappa shape index (κ3) is 4.13. The number of para-hydroxylation sites is 1. The minimum Gasteiger partial charge on any atom is -0.375 e. The molecule has 0 aliphatic carbocycles. The van der Waals surface area contributed by atoms with Gasteiger partial charge in [-0.25, -0.2) is 4.79 Å². The minimum absolute atomic E-state index is 0.0252. The predicted octanol–water partition coefficient (Wildman–Crippen LogP) is 2.50. The molecule has 154 valence electrons. The van der Waals surface area contributed by atoms with E-state index in [9.17, 15) is 4.79 Å². The van der Waals surface area contributed by atoms with Crippen LogP contribution in [-0.4, -0.2) is 92.3 Å². The molecule has 2 amide bonds. The van der Waals surface area contributed by atoms with Gasteiger partial charge in [0, 0.05) is 71.7 Å². The zero-order valence-electron chi connectivity index (χ0n) is 17.3. The van der Waals surface area contributed by atoms with Gasteiger partial charge in [0.25, 0.3) is 0 Å². The molecule has 0 saturated carbocycles. The van der Waals surface area contributed by atoms with Gasteiger partial charge in [-0.15, -0.1) is 0 Å². The molecule has 3 fully saturated rings. The highest BCUT2D eigenvalue weighted by atomic mass is 16.5. The maximum absolute atomic E-state index is 12.2. The van der Waals surface area contributed by atoms with Crippen LogP contribution in [0.15, 0.2) is 30.3 Å². The van der Waals surface area contributed by atoms with Crippen LogP contribution in [0.4, 0.5) is 10.5 Å². The molecule has 6 heteroatoms. The molecule has 3 saturated heterocycles. The first-order chi connectivity index (χ1) is 13.6. The standard InChI is InChI=1S/C22H34N4O2/c1-23(2)21(27)26-11-9-22(10-12-26)18-20(8-17-28-22)25-15-13-24(14-16-25)19-6-4-3-5-7-19/h3-7,20H,8-18H2,1-2H3/t20-/m1/s1. The summed E-state index contributed by atoms with van der Waals surface area (Å²) < 4.78 is 6.32. The van der Waals surface area contributed by atoms with Crippen molar-refractivity contribution in [2.45, 2.75) is 37.3 Å². The van der Waals surface area contributed by atoms with Crippen molar-refractivity contribution in [2.75, 3.05) is 64.9 Å². The van der Waals surface area contributed by atoms with Crippen molar-refractivity contribution in [3.8, 4) is 0 Å². The lowest BCUT2D eigenvalue weighted by Gasteiger charge is -2.50. The van der Waals surface area contributed by atoms with Gasteiger partial charge in [0.2, 0.25) is 0 Å². The number of ether oxygens (including phenoxy) is 1. The van der Waals surface area contributed by atoms with Gasteiger partial charge in [-0.05, 0) is 37.8 Å². The van der Waals surface area contributed by atoms with E-state index >= 15 is 0 Å². The summed E-state index contributed by atoms with van der Waals surface area (Å²) in [5.41, 5.74) is 1.31. The molecule has 6 nitrogen and oxygen atoms in total. The Morgan fingerprint density at radius 2 is 1.71 bits per heavy atom. The molecule has 4 rings (SSSR count). The van der Waals surface area contributed by atoms with Crippen molar-refractivity contribution in [3.63, 3.8) is 0 Å². The van der Waals surface area contributed by atoms with Gasteiger partial charge < -0.3 is 19.4 Å². The third-order valence-corrected chi connectivity index (χ3v) is 6.75. The second-order valence-corrected chi connectivity index (χ2v) is 8.70. The molecular formula is C22H34N4O2. The van der Waals surface area contributed by atoms with E-state index in [2.05, 4.69) is 40.1 Å². The van der Waals surface area contributed by atoms with Crippen LogP contribution in [0.25, 0.3) is 0 Å². The number of likely N-dealkylation sites (tertiary alicyclic amines) is 1. The highest BCUT2D eigenvalue weighted by molar-refractivity contribution is 5.73. The molecular weight excluding hydrogens is 352 g/mol. The summed E-state index contributed by atoms with van der Waals surface area (Å²) in [6.07, 6.45) is 4.18. The van der Waals surface area contributed by atoms with Crippen molar-refractivity contribution in [2.24, 2.45) is 0 Å². The molecule has 0 radical (unpaired) electrons. The number of hydrogen-bond donors (Lipinski definition) is 0. The SMILES string of the molecule is CN(C)C(=O)N1CCC2(CC1)C[C@H](N1CCN(c3ccccc3)CC1)CCO2. The molecule has 1 spiro atoms. The van der Waals surface area contributed by atoms with Gasteiger partial charge in [0.1, 0.15) is 0 Å². The Morgan fingerprint density at radius 3 is 2.36 bits per heavy atom. The second kappa shape index (κ2) is 8.29. The zero-order chi connectivity index (χ0) is 19.6. The van der Waals surface area contributed by atoms with Crippen LogP contribution in [0.1, 0.15) is 25.7 Å². The van der Waals surface area contributed by atoms with Crippen molar-refractivity contribution < 1.29 is 9.53 Å². The highest BCUT2D eigenvalue weighted by Gasteiger charge is 2.43. The number of carbonyl (C=O) groups excluding carboxylic acids is 1. The van der Waals surface area contributed by atoms with Crippen molar-refractivity contribution in [1.29, 1.82) is 0 Å². The largest absolute Gasteiger partial charge is 0.375 e. The van der Waals surface area contributed by atoms with E-state index in [4.69, 9.17) is 4.74 Å². The van der Waals surface area contributed by atoms with Crippen LogP contribution in [-0.2, 0) is 4.74 Å². The van der Waals surface area contributed by atoms with Crippen LogP contribution in [0.3, 0.4) is 0 Å². The van der Waals surface area contributed by atoms with Crippen molar-refractivity contribution >= 4 is 11.7 Å². The van der Waals surface area contributed by atoms with Crippen molar-refractivity contribution in [1.82, 2.24) is 14.7 Å². The highest BCUT2D eigenvalue weighted by Crippen LogP contribution is 2.37. The smallest absolute Gasteiger partial charge is 0.319 e. The average Bonchev–Trinajstić information content (AvgIpc) is 2.75. The van der Waals surface area contributed by atoms with E-state index in [-0.39, 0.29) is 11.6 Å². The average molecular weight is 387 g/mol. The molecule has 0 N–H and O–H groups in total. The zero-order valence-corrected chi connectivity index (χ0v) is 17.3. The summed E-state index contributed by atoms with van der Waals surface area (Å²) in [7, 11) is 3.66. The Hall–Kier alpha value is -1.79. The van der Waals surface area contributed by atoms with E-state index in [1.54, 1.807) is 4.90 Å². The Morgan fingerprint density at radius 1 is 1.04 bits per heavy atom. The van der Waals surface area contributed by atoms with Gasteiger partial charge >= 0.3 is 6.03 Å². The van der Waals surface area contributed by atoms with E-state index in [0.29, 0.717) is 6.04 Å². The van der Waals surface area contributed by atoms with E-state index in [1.807, 2.05) is 19.0 Å². The summed E-state index contributed by atoms with van der Waals surface area (Å²) >= 11 is 0. The number of piperazine rings is 1. The van der Waals surface area contributed by atoms with Crippen LogP contribution >= 0.6 is 0 Å². The fraction of sp³-hybridized carbons (Fsp3) is 0.682. The molecule has 1 aromatic rings. The van der Waals surface area contributed by atoms with E-state index in [1.165, 1.54) is 5.69 Å². The van der Waals surface area contributed by atoms with E-state index < -0.39 is 0 Å². The minimum atomic E-state index is -0.0252. The summed E-state index contributed by atoms with van der Waals surface area (Å²) in [5.74, 6) is 0. The van der Waals surface area contributed by atoms with Crippen LogP contribution in [0, 0.1) is 0 Å². The first-order valence-corrected chi connectivity index (χ1v) is 10.7. The lowest BCUT2D eigenvalue weighted by atomic mass is 9.81. The number of carbonyl (C=O) groups is 1. The van der Waals surface area contributed by atoms with Gasteiger partial charge in [0.15, 0.2) is 0 Å². The maximum Gasteiger partial charge on any atom is 0.319 e. The monoisotopic (exact) mass is 386 g/mol. The number of rotatable bonds is 2. The maximum atomic E-state index is 12.2. The normalized spacial score (nSPS) is 25.7. The molecule has 1 aromatic carbocycles. The molecule has 1 atom stereocenters. The second-order valence-electron chi connectivity index (χ2n) is 8.70. The number of nitrogens with zero attached hydrogens (tertiary/aromatic N) is 4. The number of anilines is 1. The topological polar surface area (TPSA) is 39.3 Å². The Kier molecular flexibility index (Phi) is 5.78. The molecule has 3 heterocycles. The third-order valence-electron chi connectivity index (χ3n) is 6.75. The van der Waals surface area contributed by atoms with Crippen LogP contribution in [0.2, 0.25) is 0 Å². The summed E-state index contributed by atoms with van der Waals surface area (Å²) in [5, 5.41) is 0. The predicted molar refractivity (Wildman–Crippen MR) is 112 cm³/mol. The fourth-order valence-corrected chi connectivity index (χ4v) is 5.03. The Labute approximate surface area is 169 Å². The van der Waals surface area contributed by atoms with Gasteiger partial charge in [-0.3, -0.25) is 4.90 Å². The quantitative estimate of drug-likeness (QED) is 0.783. The number of hydrogen-bond acceptors (Lipinski definition) is 4. The Balaban J connectivity index is 1.31. The lowest BCUT2D eigenvalue weighted by Crippen LogP contribution is -2.58. The lowest BCUT2D eigenvalue weighted by molar-refractivity contribution is -0.130. The summed E-state index contributed by atoms with van der Waals surface area (Å²) in [4.78, 5) is 21.0. The van der Waals surface area contributed by atoms with Crippen molar-refractivity contribution in [3.05, 3.63) is 30.3 Å². The summed E-state index contributed by atoms with van der Waals surface area (Å²) in [6.45, 7) is 6.92. The Bertz CT molecular complexity index is 650. The first-order valence-electron chi connectivity index (χ1n) is 10.7. The summed E-state index contributed by atoms with van der Waals surface area (Å²) in [6, 6.07) is 11.5. The molecule has 28 heavy (non-hydrogen) atoms. The van der Waals surface area contributed by atoms with Crippen LogP contribution < -0.4 is 4.90 Å². The first kappa shape index (κ1) is 19.5.